The number of aryl methyl sites for hydroxylation is 4. The van der Waals surface area contributed by atoms with Crippen LogP contribution in [0, 0.1) is 0 Å². The third-order valence-electron chi connectivity index (χ3n) is 7.37. The summed E-state index contributed by atoms with van der Waals surface area (Å²) in [5, 5.41) is 10.7. The molecule has 0 atom stereocenters. The standard InChI is InChI=1S/C30H30N2/c1-5-7-23-13-21-15-27-19(17-29(21)31(23)3)9-11-26-25(27)12-10-20-18-30-22(16-28(20)26)14-24(8-6-2)32(30)4/h9-18H,5-8H2,1-4H3. The van der Waals surface area contributed by atoms with Crippen LogP contribution >= 0.6 is 0 Å². The Labute approximate surface area is 189 Å². The molecule has 0 amide bonds. The zero-order valence-corrected chi connectivity index (χ0v) is 19.5. The number of hydrogen-bond donors (Lipinski definition) is 0. The lowest BCUT2D eigenvalue weighted by molar-refractivity contribution is 0.805. The Bertz CT molecular complexity index is 1530. The fourth-order valence-corrected chi connectivity index (χ4v) is 5.65. The van der Waals surface area contributed by atoms with Crippen molar-refractivity contribution in [2.45, 2.75) is 39.5 Å². The highest BCUT2D eigenvalue weighted by Gasteiger charge is 2.12. The van der Waals surface area contributed by atoms with E-state index in [-0.39, 0.29) is 0 Å². The van der Waals surface area contributed by atoms with Crippen LogP contribution in [-0.4, -0.2) is 9.13 Å². The van der Waals surface area contributed by atoms with Crippen LogP contribution in [0.25, 0.3) is 54.1 Å². The third-order valence-corrected chi connectivity index (χ3v) is 7.37. The number of rotatable bonds is 4. The summed E-state index contributed by atoms with van der Waals surface area (Å²) in [5.74, 6) is 0. The second-order valence-corrected chi connectivity index (χ2v) is 9.38. The summed E-state index contributed by atoms with van der Waals surface area (Å²) in [4.78, 5) is 0. The molecule has 0 N–H and O–H groups in total. The summed E-state index contributed by atoms with van der Waals surface area (Å²) in [6.07, 6.45) is 4.60. The smallest absolute Gasteiger partial charge is 0.0486 e. The van der Waals surface area contributed by atoms with Crippen LogP contribution in [0.2, 0.25) is 0 Å². The first kappa shape index (κ1) is 19.4. The van der Waals surface area contributed by atoms with E-state index in [2.05, 4.69) is 97.7 Å². The zero-order chi connectivity index (χ0) is 22.0. The average Bonchev–Trinajstić information content (AvgIpc) is 3.27. The number of nitrogens with zero attached hydrogens (tertiary/aromatic N) is 2. The summed E-state index contributed by atoms with van der Waals surface area (Å²) in [6.45, 7) is 4.50. The fourth-order valence-electron chi connectivity index (χ4n) is 5.65. The molecule has 0 fully saturated rings. The molecule has 32 heavy (non-hydrogen) atoms. The second kappa shape index (κ2) is 7.13. The predicted octanol–water partition coefficient (Wildman–Crippen LogP) is 8.03. The second-order valence-electron chi connectivity index (χ2n) is 9.38. The SMILES string of the molecule is CCCc1cc2cc3c(ccc4c5cc6cc(CCC)n(C)c6cc5ccc34)cc2n1C. The maximum absolute atomic E-state index is 2.40. The minimum absolute atomic E-state index is 1.13. The van der Waals surface area contributed by atoms with E-state index in [1.807, 2.05) is 0 Å². The molecule has 0 saturated carbocycles. The number of benzene rings is 4. The molecule has 0 saturated heterocycles. The Balaban J connectivity index is 1.64. The van der Waals surface area contributed by atoms with Gasteiger partial charge in [-0.25, -0.2) is 0 Å². The van der Waals surface area contributed by atoms with E-state index in [1.165, 1.54) is 78.4 Å². The van der Waals surface area contributed by atoms with Crippen LogP contribution in [0.15, 0.2) is 60.7 Å². The van der Waals surface area contributed by atoms with Gasteiger partial charge in [0.05, 0.1) is 0 Å². The zero-order valence-electron chi connectivity index (χ0n) is 19.5. The fraction of sp³-hybridized carbons (Fsp3) is 0.267. The van der Waals surface area contributed by atoms with Crippen molar-refractivity contribution in [2.75, 3.05) is 0 Å². The maximum Gasteiger partial charge on any atom is 0.0486 e. The lowest BCUT2D eigenvalue weighted by Gasteiger charge is -2.10. The van der Waals surface area contributed by atoms with E-state index in [0.29, 0.717) is 0 Å². The number of hydrogen-bond acceptors (Lipinski definition) is 0. The van der Waals surface area contributed by atoms with Crippen molar-refractivity contribution in [3.05, 3.63) is 72.1 Å². The van der Waals surface area contributed by atoms with Gasteiger partial charge >= 0.3 is 0 Å². The van der Waals surface area contributed by atoms with E-state index < -0.39 is 0 Å². The van der Waals surface area contributed by atoms with Gasteiger partial charge in [-0.1, -0.05) is 51.0 Å². The topological polar surface area (TPSA) is 9.86 Å². The monoisotopic (exact) mass is 418 g/mol. The van der Waals surface area contributed by atoms with Crippen LogP contribution < -0.4 is 0 Å². The molecule has 0 aliphatic carbocycles. The molecular formula is C30H30N2. The highest BCUT2D eigenvalue weighted by molar-refractivity contribution is 6.20. The van der Waals surface area contributed by atoms with Crippen LogP contribution in [0.5, 0.6) is 0 Å². The highest BCUT2D eigenvalue weighted by Crippen LogP contribution is 2.36. The predicted molar refractivity (Wildman–Crippen MR) is 140 cm³/mol. The van der Waals surface area contributed by atoms with Gasteiger partial charge in [-0.15, -0.1) is 0 Å². The summed E-state index contributed by atoms with van der Waals surface area (Å²) < 4.78 is 4.73. The van der Waals surface area contributed by atoms with Gasteiger partial charge in [0.15, 0.2) is 0 Å². The molecular weight excluding hydrogens is 388 g/mol. The molecule has 160 valence electrons. The Hall–Kier alpha value is -3.26. The van der Waals surface area contributed by atoms with E-state index in [1.54, 1.807) is 0 Å². The van der Waals surface area contributed by atoms with Gasteiger partial charge < -0.3 is 9.13 Å². The third kappa shape index (κ3) is 2.72. The van der Waals surface area contributed by atoms with Gasteiger partial charge in [0.2, 0.25) is 0 Å². The maximum atomic E-state index is 2.40. The van der Waals surface area contributed by atoms with E-state index in [0.717, 1.165) is 12.8 Å². The summed E-state index contributed by atoms with van der Waals surface area (Å²) in [6, 6.07) is 23.5. The number of aromatic nitrogens is 2. The van der Waals surface area contributed by atoms with Gasteiger partial charge in [-0.2, -0.15) is 0 Å². The van der Waals surface area contributed by atoms with Crippen LogP contribution in [0.4, 0.5) is 0 Å². The Morgan fingerprint density at radius 1 is 0.500 bits per heavy atom. The van der Waals surface area contributed by atoms with Gasteiger partial charge in [0, 0.05) is 47.3 Å². The lowest BCUT2D eigenvalue weighted by atomic mass is 9.95. The van der Waals surface area contributed by atoms with E-state index >= 15 is 0 Å². The van der Waals surface area contributed by atoms with E-state index in [4.69, 9.17) is 0 Å². The van der Waals surface area contributed by atoms with Crippen LogP contribution in [0.1, 0.15) is 38.1 Å². The van der Waals surface area contributed by atoms with Gasteiger partial charge in [0.1, 0.15) is 0 Å². The number of fused-ring (bicyclic) bond motifs is 7. The average molecular weight is 419 g/mol. The molecule has 0 unspecified atom stereocenters. The molecule has 6 rings (SSSR count). The quantitative estimate of drug-likeness (QED) is 0.256. The van der Waals surface area contributed by atoms with Crippen molar-refractivity contribution in [3.63, 3.8) is 0 Å². The van der Waals surface area contributed by atoms with E-state index in [9.17, 15) is 0 Å². The van der Waals surface area contributed by atoms with Gasteiger partial charge in [-0.3, -0.25) is 0 Å². The first-order chi connectivity index (χ1) is 15.6. The molecule has 6 aromatic rings. The minimum Gasteiger partial charge on any atom is -0.348 e. The van der Waals surface area contributed by atoms with Crippen LogP contribution in [-0.2, 0) is 26.9 Å². The summed E-state index contributed by atoms with van der Waals surface area (Å²) in [5.41, 5.74) is 5.50. The van der Waals surface area contributed by atoms with Crippen molar-refractivity contribution in [3.8, 4) is 0 Å². The Kier molecular flexibility index (Phi) is 4.33. The molecule has 2 heteroatoms. The van der Waals surface area contributed by atoms with Crippen molar-refractivity contribution in [2.24, 2.45) is 14.1 Å². The van der Waals surface area contributed by atoms with Crippen molar-refractivity contribution >= 4 is 54.1 Å². The van der Waals surface area contributed by atoms with Crippen molar-refractivity contribution < 1.29 is 0 Å². The summed E-state index contributed by atoms with van der Waals surface area (Å²) >= 11 is 0. The first-order valence-electron chi connectivity index (χ1n) is 11.9. The molecule has 2 heterocycles. The largest absolute Gasteiger partial charge is 0.348 e. The van der Waals surface area contributed by atoms with Gasteiger partial charge in [-0.05, 0) is 81.6 Å². The molecule has 4 aromatic carbocycles. The van der Waals surface area contributed by atoms with Crippen molar-refractivity contribution in [1.29, 1.82) is 0 Å². The molecule has 2 aromatic heterocycles. The Morgan fingerprint density at radius 2 is 0.938 bits per heavy atom. The summed E-state index contributed by atoms with van der Waals surface area (Å²) in [7, 11) is 4.40. The lowest BCUT2D eigenvalue weighted by Crippen LogP contribution is -1.95. The van der Waals surface area contributed by atoms with Crippen molar-refractivity contribution in [1.82, 2.24) is 9.13 Å². The first-order valence-corrected chi connectivity index (χ1v) is 11.9. The minimum atomic E-state index is 1.13. The Morgan fingerprint density at radius 3 is 1.34 bits per heavy atom. The molecule has 0 aliphatic heterocycles. The molecule has 0 spiro atoms. The van der Waals surface area contributed by atoms with Gasteiger partial charge in [0.25, 0.3) is 0 Å². The molecule has 0 aliphatic rings. The molecule has 0 radical (unpaired) electrons. The molecule has 0 bridgehead atoms. The molecule has 2 nitrogen and oxygen atoms in total. The highest BCUT2D eigenvalue weighted by atomic mass is 14.9. The normalized spacial score (nSPS) is 12.2. The van der Waals surface area contributed by atoms with Crippen LogP contribution in [0.3, 0.4) is 0 Å².